The maximum atomic E-state index is 12.2. The molecule has 0 fully saturated rings. The SMILES string of the molecule is COc1cccc2sc(NC(=O)c3ccc[nH]c3=S)nc12. The summed E-state index contributed by atoms with van der Waals surface area (Å²) in [5, 5.41) is 3.28. The first kappa shape index (κ1) is 13.7. The van der Waals surface area contributed by atoms with Gasteiger partial charge in [-0.05, 0) is 24.3 Å². The van der Waals surface area contributed by atoms with E-state index in [0.717, 1.165) is 10.2 Å². The molecule has 1 amide bonds. The highest BCUT2D eigenvalue weighted by Gasteiger charge is 2.13. The number of methoxy groups -OCH3 is 1. The predicted molar refractivity (Wildman–Crippen MR) is 85.8 cm³/mol. The fourth-order valence-corrected chi connectivity index (χ4v) is 3.01. The van der Waals surface area contributed by atoms with E-state index in [2.05, 4.69) is 15.3 Å². The number of H-pyrrole nitrogens is 1. The van der Waals surface area contributed by atoms with E-state index < -0.39 is 0 Å². The molecular weight excluding hydrogens is 306 g/mol. The second-order valence-corrected chi connectivity index (χ2v) is 5.63. The maximum Gasteiger partial charge on any atom is 0.260 e. The number of nitrogens with zero attached hydrogens (tertiary/aromatic N) is 1. The molecule has 0 spiro atoms. The van der Waals surface area contributed by atoms with Crippen molar-refractivity contribution in [3.8, 4) is 5.75 Å². The minimum absolute atomic E-state index is 0.283. The van der Waals surface area contributed by atoms with Crippen LogP contribution in [0.2, 0.25) is 0 Å². The molecule has 5 nitrogen and oxygen atoms in total. The molecule has 3 aromatic rings. The number of amides is 1. The monoisotopic (exact) mass is 317 g/mol. The number of aromatic amines is 1. The summed E-state index contributed by atoms with van der Waals surface area (Å²) in [5.74, 6) is 0.399. The van der Waals surface area contributed by atoms with Crippen LogP contribution in [0, 0.1) is 4.64 Å². The molecule has 0 aliphatic heterocycles. The van der Waals surface area contributed by atoms with Gasteiger partial charge in [0.2, 0.25) is 0 Å². The normalized spacial score (nSPS) is 10.5. The van der Waals surface area contributed by atoms with Gasteiger partial charge in [0, 0.05) is 6.20 Å². The molecule has 0 unspecified atom stereocenters. The Morgan fingerprint density at radius 2 is 2.24 bits per heavy atom. The summed E-state index contributed by atoms with van der Waals surface area (Å²) >= 11 is 6.48. The molecular formula is C14H11N3O2S2. The number of thiazole rings is 1. The Bertz CT molecular complexity index is 870. The van der Waals surface area contributed by atoms with Crippen LogP contribution in [0.25, 0.3) is 10.2 Å². The first-order chi connectivity index (χ1) is 10.2. The summed E-state index contributed by atoms with van der Waals surface area (Å²) in [7, 11) is 1.59. The highest BCUT2D eigenvalue weighted by molar-refractivity contribution is 7.71. The number of benzene rings is 1. The molecule has 7 heteroatoms. The van der Waals surface area contributed by atoms with E-state index in [-0.39, 0.29) is 5.91 Å². The second kappa shape index (κ2) is 5.63. The third kappa shape index (κ3) is 2.65. The lowest BCUT2D eigenvalue weighted by atomic mass is 10.3. The highest BCUT2D eigenvalue weighted by atomic mass is 32.1. The van der Waals surface area contributed by atoms with Gasteiger partial charge in [0.05, 0.1) is 17.4 Å². The molecule has 0 atom stereocenters. The van der Waals surface area contributed by atoms with Crippen molar-refractivity contribution in [3.63, 3.8) is 0 Å². The zero-order valence-corrected chi connectivity index (χ0v) is 12.7. The number of carbonyl (C=O) groups is 1. The third-order valence-electron chi connectivity index (χ3n) is 2.89. The van der Waals surface area contributed by atoms with Crippen LogP contribution in [0.15, 0.2) is 36.5 Å². The van der Waals surface area contributed by atoms with Gasteiger partial charge in [0.25, 0.3) is 5.91 Å². The number of carbonyl (C=O) groups excluding carboxylic acids is 1. The van der Waals surface area contributed by atoms with Crippen molar-refractivity contribution in [2.45, 2.75) is 0 Å². The summed E-state index contributed by atoms with van der Waals surface area (Å²) < 4.78 is 6.60. The number of nitrogens with one attached hydrogen (secondary N) is 2. The number of fused-ring (bicyclic) bond motifs is 1. The van der Waals surface area contributed by atoms with Crippen LogP contribution in [-0.4, -0.2) is 23.0 Å². The average molecular weight is 317 g/mol. The number of hydrogen-bond donors (Lipinski definition) is 2. The zero-order valence-electron chi connectivity index (χ0n) is 11.0. The van der Waals surface area contributed by atoms with Crippen molar-refractivity contribution in [1.82, 2.24) is 9.97 Å². The standard InChI is InChI=1S/C14H11N3O2S2/c1-19-9-5-2-6-10-11(9)16-14(21-10)17-12(18)8-4-3-7-15-13(8)20/h2-7H,1H3,(H,15,20)(H,16,17,18). The van der Waals surface area contributed by atoms with Gasteiger partial charge in [-0.25, -0.2) is 4.98 Å². The Morgan fingerprint density at radius 3 is 3.00 bits per heavy atom. The molecule has 21 heavy (non-hydrogen) atoms. The van der Waals surface area contributed by atoms with E-state index >= 15 is 0 Å². The van der Waals surface area contributed by atoms with Crippen LogP contribution in [0.3, 0.4) is 0 Å². The molecule has 0 saturated heterocycles. The summed E-state index contributed by atoms with van der Waals surface area (Å²) in [6.07, 6.45) is 1.68. The van der Waals surface area contributed by atoms with Crippen molar-refractivity contribution >= 4 is 44.8 Å². The molecule has 0 radical (unpaired) electrons. The van der Waals surface area contributed by atoms with Gasteiger partial charge in [0.15, 0.2) is 5.13 Å². The van der Waals surface area contributed by atoms with Crippen LogP contribution in [0.5, 0.6) is 5.75 Å². The van der Waals surface area contributed by atoms with Crippen molar-refractivity contribution in [2.24, 2.45) is 0 Å². The molecule has 3 rings (SSSR count). The van der Waals surface area contributed by atoms with E-state index in [1.54, 1.807) is 25.4 Å². The van der Waals surface area contributed by atoms with E-state index in [1.807, 2.05) is 18.2 Å². The van der Waals surface area contributed by atoms with Gasteiger partial charge < -0.3 is 9.72 Å². The van der Waals surface area contributed by atoms with Crippen molar-refractivity contribution in [3.05, 3.63) is 46.7 Å². The number of para-hydroxylation sites is 1. The van der Waals surface area contributed by atoms with E-state index in [0.29, 0.717) is 21.1 Å². The van der Waals surface area contributed by atoms with Crippen molar-refractivity contribution in [2.75, 3.05) is 12.4 Å². The molecule has 0 saturated carbocycles. The zero-order chi connectivity index (χ0) is 14.8. The highest BCUT2D eigenvalue weighted by Crippen LogP contribution is 2.32. The molecule has 106 valence electrons. The summed E-state index contributed by atoms with van der Waals surface area (Å²) in [6.45, 7) is 0. The fraction of sp³-hybridized carbons (Fsp3) is 0.0714. The molecule has 2 N–H and O–H groups in total. The third-order valence-corrected chi connectivity index (χ3v) is 4.16. The van der Waals surface area contributed by atoms with Crippen LogP contribution >= 0.6 is 23.6 Å². The quantitative estimate of drug-likeness (QED) is 0.724. The molecule has 0 bridgehead atoms. The lowest BCUT2D eigenvalue weighted by Gasteiger charge is -2.01. The van der Waals surface area contributed by atoms with Gasteiger partial charge in [-0.3, -0.25) is 10.1 Å². The molecule has 0 aliphatic carbocycles. The second-order valence-electron chi connectivity index (χ2n) is 4.19. The van der Waals surface area contributed by atoms with E-state index in [9.17, 15) is 4.79 Å². The van der Waals surface area contributed by atoms with Gasteiger partial charge >= 0.3 is 0 Å². The van der Waals surface area contributed by atoms with Gasteiger partial charge in [-0.15, -0.1) is 0 Å². The van der Waals surface area contributed by atoms with Crippen molar-refractivity contribution in [1.29, 1.82) is 0 Å². The summed E-state index contributed by atoms with van der Waals surface area (Å²) in [4.78, 5) is 19.4. The Kier molecular flexibility index (Phi) is 3.68. The Balaban J connectivity index is 1.94. The molecule has 2 aromatic heterocycles. The van der Waals surface area contributed by atoms with Gasteiger partial charge in [-0.1, -0.05) is 29.6 Å². The van der Waals surface area contributed by atoms with Crippen molar-refractivity contribution < 1.29 is 9.53 Å². The maximum absolute atomic E-state index is 12.2. The Hall–Kier alpha value is -2.25. The fourth-order valence-electron chi connectivity index (χ4n) is 1.91. The number of rotatable bonds is 3. The summed E-state index contributed by atoms with van der Waals surface area (Å²) in [5.41, 5.74) is 1.15. The number of ether oxygens (including phenoxy) is 1. The first-order valence-electron chi connectivity index (χ1n) is 6.11. The lowest BCUT2D eigenvalue weighted by molar-refractivity contribution is 0.102. The number of pyridine rings is 1. The topological polar surface area (TPSA) is 67.0 Å². The van der Waals surface area contributed by atoms with Gasteiger partial charge in [0.1, 0.15) is 15.9 Å². The largest absolute Gasteiger partial charge is 0.494 e. The predicted octanol–water partition coefficient (Wildman–Crippen LogP) is 3.61. The van der Waals surface area contributed by atoms with Gasteiger partial charge in [-0.2, -0.15) is 0 Å². The van der Waals surface area contributed by atoms with E-state index in [1.165, 1.54) is 11.3 Å². The van der Waals surface area contributed by atoms with Crippen LogP contribution in [0.1, 0.15) is 10.4 Å². The lowest BCUT2D eigenvalue weighted by Crippen LogP contribution is -2.12. The summed E-state index contributed by atoms with van der Waals surface area (Å²) in [6, 6.07) is 9.05. The van der Waals surface area contributed by atoms with E-state index in [4.69, 9.17) is 17.0 Å². The van der Waals surface area contributed by atoms with Crippen LogP contribution in [0.4, 0.5) is 5.13 Å². The minimum atomic E-state index is -0.283. The Morgan fingerprint density at radius 1 is 1.38 bits per heavy atom. The Labute approximate surface area is 129 Å². The van der Waals surface area contributed by atoms with Crippen LogP contribution < -0.4 is 10.1 Å². The first-order valence-corrected chi connectivity index (χ1v) is 7.34. The molecule has 1 aromatic carbocycles. The van der Waals surface area contributed by atoms with Crippen LogP contribution in [-0.2, 0) is 0 Å². The number of aromatic nitrogens is 2. The number of anilines is 1. The minimum Gasteiger partial charge on any atom is -0.494 e. The number of hydrogen-bond acceptors (Lipinski definition) is 5. The average Bonchev–Trinajstić information content (AvgIpc) is 2.89. The molecule has 0 aliphatic rings. The smallest absolute Gasteiger partial charge is 0.260 e. The molecule has 2 heterocycles.